The van der Waals surface area contributed by atoms with Crippen LogP contribution in [0.4, 0.5) is 0 Å². The van der Waals surface area contributed by atoms with Crippen LogP contribution in [-0.4, -0.2) is 18.1 Å². The van der Waals surface area contributed by atoms with Crippen LogP contribution < -0.4 is 5.43 Å². The van der Waals surface area contributed by atoms with Crippen molar-refractivity contribution in [3.05, 3.63) is 35.4 Å². The Kier molecular flexibility index (Phi) is 2.34. The molecule has 0 saturated heterocycles. The molecule has 1 N–H and O–H groups in total. The third-order valence-corrected chi connectivity index (χ3v) is 2.79. The summed E-state index contributed by atoms with van der Waals surface area (Å²) < 4.78 is 0. The van der Waals surface area contributed by atoms with Crippen LogP contribution in [-0.2, 0) is 13.0 Å². The van der Waals surface area contributed by atoms with Gasteiger partial charge in [-0.05, 0) is 31.5 Å². The van der Waals surface area contributed by atoms with Gasteiger partial charge >= 0.3 is 0 Å². The summed E-state index contributed by atoms with van der Waals surface area (Å²) in [5.41, 5.74) is 6.18. The van der Waals surface area contributed by atoms with Crippen LogP contribution in [0.3, 0.4) is 0 Å². The highest BCUT2D eigenvalue weighted by atomic mass is 15.5. The van der Waals surface area contributed by atoms with E-state index in [4.69, 9.17) is 0 Å². The molecule has 1 aromatic rings. The van der Waals surface area contributed by atoms with Gasteiger partial charge in [-0.15, -0.1) is 0 Å². The topological polar surface area (TPSA) is 15.3 Å². The Morgan fingerprint density at radius 1 is 1.31 bits per heavy atom. The Morgan fingerprint density at radius 3 is 2.69 bits per heavy atom. The fourth-order valence-corrected chi connectivity index (χ4v) is 1.98. The summed E-state index contributed by atoms with van der Waals surface area (Å²) in [6.07, 6.45) is 1.15. The minimum atomic E-state index is 0.597. The molecule has 0 radical (unpaired) electrons. The van der Waals surface area contributed by atoms with Gasteiger partial charge in [0.15, 0.2) is 0 Å². The lowest BCUT2D eigenvalue weighted by Gasteiger charge is -2.33. The zero-order valence-corrected chi connectivity index (χ0v) is 8.25. The largest absolute Gasteiger partial charge is 0.258 e. The lowest BCUT2D eigenvalue weighted by atomic mass is 9.96. The number of nitrogens with zero attached hydrogens (tertiary/aromatic N) is 1. The third-order valence-electron chi connectivity index (χ3n) is 2.79. The SMILES string of the molecule is CNN1Cc2ccccc2CC1C. The van der Waals surface area contributed by atoms with Crippen molar-refractivity contribution in [2.24, 2.45) is 0 Å². The maximum Gasteiger partial charge on any atom is 0.0387 e. The Labute approximate surface area is 79.5 Å². The molecule has 0 spiro atoms. The quantitative estimate of drug-likeness (QED) is 0.698. The van der Waals surface area contributed by atoms with Gasteiger partial charge in [-0.25, -0.2) is 5.01 Å². The number of benzene rings is 1. The van der Waals surface area contributed by atoms with Gasteiger partial charge in [-0.1, -0.05) is 24.3 Å². The molecule has 1 atom stereocenters. The molecule has 13 heavy (non-hydrogen) atoms. The van der Waals surface area contributed by atoms with Crippen LogP contribution in [0.2, 0.25) is 0 Å². The summed E-state index contributed by atoms with van der Waals surface area (Å²) >= 11 is 0. The van der Waals surface area contributed by atoms with E-state index in [0.717, 1.165) is 13.0 Å². The van der Waals surface area contributed by atoms with Crippen LogP contribution in [0.5, 0.6) is 0 Å². The van der Waals surface area contributed by atoms with Crippen molar-refractivity contribution in [2.45, 2.75) is 25.9 Å². The van der Waals surface area contributed by atoms with Gasteiger partial charge in [0, 0.05) is 12.6 Å². The smallest absolute Gasteiger partial charge is 0.0387 e. The van der Waals surface area contributed by atoms with E-state index in [1.807, 2.05) is 7.05 Å². The van der Waals surface area contributed by atoms with Gasteiger partial charge in [0.2, 0.25) is 0 Å². The first-order valence-electron chi connectivity index (χ1n) is 4.82. The van der Waals surface area contributed by atoms with Gasteiger partial charge in [-0.3, -0.25) is 5.43 Å². The van der Waals surface area contributed by atoms with Crippen molar-refractivity contribution in [3.8, 4) is 0 Å². The zero-order chi connectivity index (χ0) is 9.26. The molecule has 1 aromatic carbocycles. The maximum absolute atomic E-state index is 3.23. The number of hydrazine groups is 1. The molecule has 0 amide bonds. The van der Waals surface area contributed by atoms with Crippen molar-refractivity contribution in [2.75, 3.05) is 7.05 Å². The van der Waals surface area contributed by atoms with Crippen molar-refractivity contribution in [3.63, 3.8) is 0 Å². The Bertz CT molecular complexity index is 296. The Morgan fingerprint density at radius 2 is 2.00 bits per heavy atom. The molecule has 1 aliphatic rings. The first-order chi connectivity index (χ1) is 6.31. The van der Waals surface area contributed by atoms with E-state index >= 15 is 0 Å². The van der Waals surface area contributed by atoms with E-state index in [0.29, 0.717) is 6.04 Å². The van der Waals surface area contributed by atoms with Gasteiger partial charge in [0.1, 0.15) is 0 Å². The highest BCUT2D eigenvalue weighted by molar-refractivity contribution is 5.29. The molecular weight excluding hydrogens is 160 g/mol. The summed E-state index contributed by atoms with van der Waals surface area (Å²) in [5.74, 6) is 0. The van der Waals surface area contributed by atoms with Crippen molar-refractivity contribution in [1.82, 2.24) is 10.4 Å². The second kappa shape index (κ2) is 3.48. The predicted molar refractivity (Wildman–Crippen MR) is 54.2 cm³/mol. The minimum Gasteiger partial charge on any atom is -0.258 e. The normalized spacial score (nSPS) is 22.8. The fraction of sp³-hybridized carbons (Fsp3) is 0.455. The first-order valence-corrected chi connectivity index (χ1v) is 4.82. The van der Waals surface area contributed by atoms with Crippen LogP contribution in [0.25, 0.3) is 0 Å². The molecule has 2 rings (SSSR count). The summed E-state index contributed by atoms with van der Waals surface area (Å²) in [5, 5.41) is 2.28. The monoisotopic (exact) mass is 176 g/mol. The van der Waals surface area contributed by atoms with Gasteiger partial charge in [0.25, 0.3) is 0 Å². The average molecular weight is 176 g/mol. The lowest BCUT2D eigenvalue weighted by Crippen LogP contribution is -2.45. The molecule has 1 aliphatic heterocycles. The van der Waals surface area contributed by atoms with Crippen LogP contribution in [0, 0.1) is 0 Å². The van der Waals surface area contributed by atoms with Crippen LogP contribution >= 0.6 is 0 Å². The number of rotatable bonds is 1. The summed E-state index contributed by atoms with van der Waals surface area (Å²) in [4.78, 5) is 0. The second-order valence-electron chi connectivity index (χ2n) is 3.67. The van der Waals surface area contributed by atoms with E-state index in [-0.39, 0.29) is 0 Å². The highest BCUT2D eigenvalue weighted by Gasteiger charge is 2.20. The second-order valence-corrected chi connectivity index (χ2v) is 3.67. The van der Waals surface area contributed by atoms with E-state index < -0.39 is 0 Å². The van der Waals surface area contributed by atoms with E-state index in [1.165, 1.54) is 11.1 Å². The third kappa shape index (κ3) is 1.60. The van der Waals surface area contributed by atoms with Crippen molar-refractivity contribution in [1.29, 1.82) is 0 Å². The van der Waals surface area contributed by atoms with E-state index in [9.17, 15) is 0 Å². The summed E-state index contributed by atoms with van der Waals surface area (Å²) in [6.45, 7) is 3.28. The molecule has 0 aromatic heterocycles. The average Bonchev–Trinajstić information content (AvgIpc) is 2.17. The number of hydrogen-bond acceptors (Lipinski definition) is 2. The maximum atomic E-state index is 3.23. The Hall–Kier alpha value is -0.860. The van der Waals surface area contributed by atoms with Gasteiger partial charge in [-0.2, -0.15) is 0 Å². The molecule has 2 heteroatoms. The van der Waals surface area contributed by atoms with Crippen LogP contribution in [0.15, 0.2) is 24.3 Å². The lowest BCUT2D eigenvalue weighted by molar-refractivity contribution is 0.127. The fourth-order valence-electron chi connectivity index (χ4n) is 1.98. The summed E-state index contributed by atoms with van der Waals surface area (Å²) in [6, 6.07) is 9.29. The number of hydrogen-bond donors (Lipinski definition) is 1. The van der Waals surface area contributed by atoms with Gasteiger partial charge < -0.3 is 0 Å². The Balaban J connectivity index is 2.27. The molecule has 1 unspecified atom stereocenters. The molecule has 2 nitrogen and oxygen atoms in total. The predicted octanol–water partition coefficient (Wildman–Crippen LogP) is 1.57. The highest BCUT2D eigenvalue weighted by Crippen LogP contribution is 2.20. The van der Waals surface area contributed by atoms with Crippen LogP contribution in [0.1, 0.15) is 18.1 Å². The molecule has 0 fully saturated rings. The van der Waals surface area contributed by atoms with Gasteiger partial charge in [0.05, 0.1) is 0 Å². The first kappa shape index (κ1) is 8.73. The number of nitrogens with one attached hydrogen (secondary N) is 1. The zero-order valence-electron chi connectivity index (χ0n) is 8.25. The molecule has 0 saturated carbocycles. The molecular formula is C11H16N2. The molecule has 0 bridgehead atoms. The van der Waals surface area contributed by atoms with E-state index in [1.54, 1.807) is 0 Å². The minimum absolute atomic E-state index is 0.597. The summed E-state index contributed by atoms with van der Waals surface area (Å²) in [7, 11) is 1.99. The molecule has 0 aliphatic carbocycles. The van der Waals surface area contributed by atoms with Crippen molar-refractivity contribution < 1.29 is 0 Å². The standard InChI is InChI=1S/C11H16N2/c1-9-7-10-5-3-4-6-11(10)8-13(9)12-2/h3-6,9,12H,7-8H2,1-2H3. The molecule has 70 valence electrons. The number of fused-ring (bicyclic) bond motifs is 1. The van der Waals surface area contributed by atoms with Crippen molar-refractivity contribution >= 4 is 0 Å². The van der Waals surface area contributed by atoms with E-state index in [2.05, 4.69) is 41.6 Å². The molecule has 1 heterocycles.